The number of likely N-dealkylation sites (tertiary alicyclic amines) is 1. The van der Waals surface area contributed by atoms with Crippen LogP contribution in [0.4, 0.5) is 5.69 Å². The van der Waals surface area contributed by atoms with Crippen molar-refractivity contribution >= 4 is 23.5 Å². The van der Waals surface area contributed by atoms with Crippen molar-refractivity contribution in [3.63, 3.8) is 0 Å². The SMILES string of the molecule is COC(=O)c1cccc(NC(=O)c2cccc(C(=O)N3CCCCCC3)n2)c1. The first kappa shape index (κ1) is 19.5. The molecule has 2 aromatic rings. The van der Waals surface area contributed by atoms with Crippen molar-refractivity contribution in [2.24, 2.45) is 0 Å². The van der Waals surface area contributed by atoms with Crippen molar-refractivity contribution < 1.29 is 19.1 Å². The van der Waals surface area contributed by atoms with Gasteiger partial charge in [-0.25, -0.2) is 9.78 Å². The first-order valence-electron chi connectivity index (χ1n) is 9.34. The minimum Gasteiger partial charge on any atom is -0.465 e. The second-order valence-corrected chi connectivity index (χ2v) is 6.64. The van der Waals surface area contributed by atoms with Crippen molar-refractivity contribution in [1.29, 1.82) is 0 Å². The van der Waals surface area contributed by atoms with Gasteiger partial charge in [-0.3, -0.25) is 9.59 Å². The number of carbonyl (C=O) groups is 3. The van der Waals surface area contributed by atoms with Crippen LogP contribution >= 0.6 is 0 Å². The van der Waals surface area contributed by atoms with E-state index in [2.05, 4.69) is 15.0 Å². The molecule has 0 atom stereocenters. The van der Waals surface area contributed by atoms with E-state index in [9.17, 15) is 14.4 Å². The van der Waals surface area contributed by atoms with Crippen LogP contribution in [0.15, 0.2) is 42.5 Å². The Hall–Kier alpha value is -3.22. The maximum Gasteiger partial charge on any atom is 0.337 e. The minimum atomic E-state index is -0.487. The molecule has 1 fully saturated rings. The molecule has 2 heterocycles. The standard InChI is InChI=1S/C21H23N3O4/c1-28-21(27)15-8-6-9-16(14-15)22-19(25)17-10-7-11-18(23-17)20(26)24-12-4-2-3-5-13-24/h6-11,14H,2-5,12-13H2,1H3,(H,22,25). The number of methoxy groups -OCH3 is 1. The third-order valence-electron chi connectivity index (χ3n) is 4.64. The molecule has 2 amide bonds. The Morgan fingerprint density at radius 3 is 2.36 bits per heavy atom. The van der Waals surface area contributed by atoms with E-state index in [-0.39, 0.29) is 17.3 Å². The van der Waals surface area contributed by atoms with Crippen molar-refractivity contribution in [2.45, 2.75) is 25.7 Å². The van der Waals surface area contributed by atoms with Crippen LogP contribution < -0.4 is 5.32 Å². The molecule has 1 aromatic carbocycles. The van der Waals surface area contributed by atoms with Crippen LogP contribution in [0.3, 0.4) is 0 Å². The molecular weight excluding hydrogens is 358 g/mol. The van der Waals surface area contributed by atoms with Gasteiger partial charge in [0.2, 0.25) is 0 Å². The molecule has 146 valence electrons. The predicted molar refractivity (Wildman–Crippen MR) is 104 cm³/mol. The topological polar surface area (TPSA) is 88.6 Å². The molecule has 3 rings (SSSR count). The lowest BCUT2D eigenvalue weighted by Crippen LogP contribution is -2.32. The fourth-order valence-electron chi connectivity index (χ4n) is 3.15. The van der Waals surface area contributed by atoms with E-state index in [1.807, 2.05) is 0 Å². The molecule has 1 aliphatic rings. The first-order valence-corrected chi connectivity index (χ1v) is 9.34. The number of carbonyl (C=O) groups excluding carboxylic acids is 3. The van der Waals surface area contributed by atoms with E-state index in [0.717, 1.165) is 38.8 Å². The van der Waals surface area contributed by atoms with Crippen LogP contribution in [0.2, 0.25) is 0 Å². The van der Waals surface area contributed by atoms with Gasteiger partial charge in [-0.1, -0.05) is 25.0 Å². The molecule has 0 aliphatic carbocycles. The maximum atomic E-state index is 12.7. The number of amides is 2. The Labute approximate surface area is 163 Å². The van der Waals surface area contributed by atoms with Crippen LogP contribution in [-0.4, -0.2) is 47.9 Å². The summed E-state index contributed by atoms with van der Waals surface area (Å²) in [5, 5.41) is 2.70. The van der Waals surface area contributed by atoms with Crippen LogP contribution in [0.5, 0.6) is 0 Å². The highest BCUT2D eigenvalue weighted by Crippen LogP contribution is 2.15. The lowest BCUT2D eigenvalue weighted by molar-refractivity contribution is 0.0600. The highest BCUT2D eigenvalue weighted by Gasteiger charge is 2.20. The van der Waals surface area contributed by atoms with Gasteiger partial charge in [-0.15, -0.1) is 0 Å². The third kappa shape index (κ3) is 4.73. The number of ether oxygens (including phenoxy) is 1. The number of esters is 1. The number of pyridine rings is 1. The molecule has 1 N–H and O–H groups in total. The van der Waals surface area contributed by atoms with Gasteiger partial charge < -0.3 is 15.0 Å². The van der Waals surface area contributed by atoms with Gasteiger partial charge in [0.15, 0.2) is 0 Å². The number of aromatic nitrogens is 1. The average Bonchev–Trinajstić information content (AvgIpc) is 3.02. The monoisotopic (exact) mass is 381 g/mol. The quantitative estimate of drug-likeness (QED) is 0.822. The Morgan fingerprint density at radius 2 is 1.64 bits per heavy atom. The van der Waals surface area contributed by atoms with Gasteiger partial charge >= 0.3 is 5.97 Å². The van der Waals surface area contributed by atoms with Crippen molar-refractivity contribution in [3.05, 3.63) is 59.4 Å². The second-order valence-electron chi connectivity index (χ2n) is 6.64. The lowest BCUT2D eigenvalue weighted by Gasteiger charge is -2.19. The summed E-state index contributed by atoms with van der Waals surface area (Å²) in [4.78, 5) is 43.0. The molecule has 1 aromatic heterocycles. The predicted octanol–water partition coefficient (Wildman–Crippen LogP) is 3.14. The van der Waals surface area contributed by atoms with Gasteiger partial charge in [0.05, 0.1) is 12.7 Å². The molecule has 7 heteroatoms. The number of rotatable bonds is 4. The smallest absolute Gasteiger partial charge is 0.337 e. The van der Waals surface area contributed by atoms with Crippen molar-refractivity contribution in [3.8, 4) is 0 Å². The van der Waals surface area contributed by atoms with Crippen LogP contribution in [0.1, 0.15) is 57.0 Å². The molecule has 1 saturated heterocycles. The minimum absolute atomic E-state index is 0.143. The van der Waals surface area contributed by atoms with Gasteiger partial charge in [0, 0.05) is 18.8 Å². The summed E-state index contributed by atoms with van der Waals surface area (Å²) in [5.41, 5.74) is 1.18. The number of hydrogen-bond acceptors (Lipinski definition) is 5. The summed E-state index contributed by atoms with van der Waals surface area (Å²) in [5.74, 6) is -1.09. The fraction of sp³-hybridized carbons (Fsp3) is 0.333. The van der Waals surface area contributed by atoms with E-state index < -0.39 is 11.9 Å². The highest BCUT2D eigenvalue weighted by atomic mass is 16.5. The number of nitrogens with one attached hydrogen (secondary N) is 1. The van der Waals surface area contributed by atoms with Gasteiger partial charge in [-0.05, 0) is 43.2 Å². The molecule has 0 spiro atoms. The first-order chi connectivity index (χ1) is 13.6. The van der Waals surface area contributed by atoms with Crippen LogP contribution in [0.25, 0.3) is 0 Å². The van der Waals surface area contributed by atoms with Gasteiger partial charge in [-0.2, -0.15) is 0 Å². The molecule has 0 bridgehead atoms. The maximum absolute atomic E-state index is 12.7. The summed E-state index contributed by atoms with van der Waals surface area (Å²) in [6.07, 6.45) is 4.24. The summed E-state index contributed by atoms with van der Waals surface area (Å²) in [6.45, 7) is 1.44. The van der Waals surface area contributed by atoms with E-state index in [1.165, 1.54) is 13.2 Å². The van der Waals surface area contributed by atoms with Crippen LogP contribution in [-0.2, 0) is 4.74 Å². The van der Waals surface area contributed by atoms with E-state index >= 15 is 0 Å². The zero-order valence-corrected chi connectivity index (χ0v) is 15.8. The molecular formula is C21H23N3O4. The summed E-state index contributed by atoms with van der Waals surface area (Å²) in [6, 6.07) is 11.3. The number of hydrogen-bond donors (Lipinski definition) is 1. The van der Waals surface area contributed by atoms with Crippen molar-refractivity contribution in [2.75, 3.05) is 25.5 Å². The third-order valence-corrected chi connectivity index (χ3v) is 4.64. The molecule has 1 aliphatic heterocycles. The van der Waals surface area contributed by atoms with E-state index in [0.29, 0.717) is 11.3 Å². The van der Waals surface area contributed by atoms with Gasteiger partial charge in [0.1, 0.15) is 11.4 Å². The van der Waals surface area contributed by atoms with Crippen LogP contribution in [0, 0.1) is 0 Å². The summed E-state index contributed by atoms with van der Waals surface area (Å²) in [7, 11) is 1.30. The Balaban J connectivity index is 1.73. The summed E-state index contributed by atoms with van der Waals surface area (Å²) < 4.78 is 4.68. The van der Waals surface area contributed by atoms with Gasteiger partial charge in [0.25, 0.3) is 11.8 Å². The van der Waals surface area contributed by atoms with Crippen molar-refractivity contribution in [1.82, 2.24) is 9.88 Å². The molecule has 28 heavy (non-hydrogen) atoms. The Bertz CT molecular complexity index is 873. The van der Waals surface area contributed by atoms with E-state index in [1.54, 1.807) is 41.3 Å². The molecule has 0 radical (unpaired) electrons. The second kappa shape index (κ2) is 9.12. The van der Waals surface area contributed by atoms with E-state index in [4.69, 9.17) is 0 Å². The normalized spacial score (nSPS) is 14.1. The molecule has 7 nitrogen and oxygen atoms in total. The Kier molecular flexibility index (Phi) is 6.37. The highest BCUT2D eigenvalue weighted by molar-refractivity contribution is 6.04. The molecule has 0 saturated carbocycles. The summed E-state index contributed by atoms with van der Waals surface area (Å²) >= 11 is 0. The largest absolute Gasteiger partial charge is 0.465 e. The number of benzene rings is 1. The zero-order chi connectivity index (χ0) is 19.9. The average molecular weight is 381 g/mol. The Morgan fingerprint density at radius 1 is 0.964 bits per heavy atom. The number of nitrogens with zero attached hydrogens (tertiary/aromatic N) is 2. The lowest BCUT2D eigenvalue weighted by atomic mass is 10.2. The number of anilines is 1. The fourth-order valence-corrected chi connectivity index (χ4v) is 3.15. The molecule has 0 unspecified atom stereocenters. The zero-order valence-electron chi connectivity index (χ0n) is 15.8.